The molecule has 0 amide bonds. The van der Waals surface area contributed by atoms with E-state index < -0.39 is 0 Å². The van der Waals surface area contributed by atoms with Crippen molar-refractivity contribution >= 4 is 17.6 Å². The van der Waals surface area contributed by atoms with Gasteiger partial charge in [-0.1, -0.05) is 11.8 Å². The van der Waals surface area contributed by atoms with E-state index in [1.165, 1.54) is 0 Å². The standard InChI is InChI=1S/C5H8N4S/c6-4-3-5(8-1-7-4)10-2-9-3/h8-9H,1-2H2,(H2,6,7). The molecule has 0 saturated carbocycles. The maximum Gasteiger partial charge on any atom is 0.146 e. The van der Waals surface area contributed by atoms with E-state index in [4.69, 9.17) is 5.73 Å². The minimum absolute atomic E-state index is 0.610. The summed E-state index contributed by atoms with van der Waals surface area (Å²) in [4.78, 5) is 4.02. The third-order valence-corrected chi connectivity index (χ3v) is 2.36. The van der Waals surface area contributed by atoms with Gasteiger partial charge in [-0.3, -0.25) is 0 Å². The number of hydrogen-bond donors (Lipinski definition) is 3. The SMILES string of the molecule is NC1=NCNC2=C1NCS2. The van der Waals surface area contributed by atoms with Crippen molar-refractivity contribution < 1.29 is 0 Å². The highest BCUT2D eigenvalue weighted by Gasteiger charge is 2.19. The van der Waals surface area contributed by atoms with Crippen LogP contribution in [0.4, 0.5) is 0 Å². The number of rotatable bonds is 0. The molecule has 0 aromatic carbocycles. The predicted molar refractivity (Wildman–Crippen MR) is 42.2 cm³/mol. The van der Waals surface area contributed by atoms with Crippen LogP contribution in [0.2, 0.25) is 0 Å². The summed E-state index contributed by atoms with van der Waals surface area (Å²) in [6.45, 7) is 0.610. The second kappa shape index (κ2) is 2.09. The lowest BCUT2D eigenvalue weighted by molar-refractivity contribution is 0.832. The van der Waals surface area contributed by atoms with Gasteiger partial charge in [-0.2, -0.15) is 0 Å². The smallest absolute Gasteiger partial charge is 0.146 e. The molecule has 0 bridgehead atoms. The number of thioether (sulfide) groups is 1. The Morgan fingerprint density at radius 1 is 1.50 bits per heavy atom. The highest BCUT2D eigenvalue weighted by Crippen LogP contribution is 2.22. The monoisotopic (exact) mass is 156 g/mol. The molecule has 0 aromatic rings. The summed E-state index contributed by atoms with van der Waals surface area (Å²) in [5.74, 6) is 1.52. The van der Waals surface area contributed by atoms with Crippen molar-refractivity contribution in [1.82, 2.24) is 10.6 Å². The number of nitrogens with one attached hydrogen (secondary N) is 2. The van der Waals surface area contributed by atoms with Gasteiger partial charge >= 0.3 is 0 Å². The lowest BCUT2D eigenvalue weighted by Gasteiger charge is -2.12. The molecule has 0 saturated heterocycles. The number of nitrogens with zero attached hydrogens (tertiary/aromatic N) is 1. The first kappa shape index (κ1) is 5.91. The average Bonchev–Trinajstić information content (AvgIpc) is 2.36. The molecule has 54 valence electrons. The summed E-state index contributed by atoms with van der Waals surface area (Å²) < 4.78 is 0. The van der Waals surface area contributed by atoms with Gasteiger partial charge in [-0.25, -0.2) is 4.99 Å². The van der Waals surface area contributed by atoms with Crippen LogP contribution in [0, 0.1) is 0 Å². The number of nitrogens with two attached hydrogens (primary N) is 1. The molecule has 4 N–H and O–H groups in total. The van der Waals surface area contributed by atoms with Gasteiger partial charge < -0.3 is 16.4 Å². The van der Waals surface area contributed by atoms with E-state index in [2.05, 4.69) is 15.6 Å². The maximum absolute atomic E-state index is 5.60. The molecule has 0 spiro atoms. The minimum Gasteiger partial charge on any atom is -0.382 e. The second-order valence-corrected chi connectivity index (χ2v) is 3.03. The largest absolute Gasteiger partial charge is 0.382 e. The zero-order valence-electron chi connectivity index (χ0n) is 5.35. The summed E-state index contributed by atoms with van der Waals surface area (Å²) in [5.41, 5.74) is 6.56. The van der Waals surface area contributed by atoms with Crippen LogP contribution in [0.15, 0.2) is 15.7 Å². The average molecular weight is 156 g/mol. The van der Waals surface area contributed by atoms with E-state index in [0.717, 1.165) is 16.6 Å². The van der Waals surface area contributed by atoms with E-state index in [1.807, 2.05) is 0 Å². The van der Waals surface area contributed by atoms with Gasteiger partial charge in [0.15, 0.2) is 0 Å². The van der Waals surface area contributed by atoms with Crippen molar-refractivity contribution in [3.63, 3.8) is 0 Å². The van der Waals surface area contributed by atoms with Crippen LogP contribution in [0.25, 0.3) is 0 Å². The Hall–Kier alpha value is -0.840. The molecular weight excluding hydrogens is 148 g/mol. The molecule has 5 heteroatoms. The van der Waals surface area contributed by atoms with Crippen LogP contribution < -0.4 is 16.4 Å². The Morgan fingerprint density at radius 2 is 2.40 bits per heavy atom. The van der Waals surface area contributed by atoms with Crippen LogP contribution >= 0.6 is 11.8 Å². The molecular formula is C5H8N4S. The van der Waals surface area contributed by atoms with Gasteiger partial charge in [0.1, 0.15) is 18.2 Å². The van der Waals surface area contributed by atoms with E-state index in [0.29, 0.717) is 12.5 Å². The van der Waals surface area contributed by atoms with E-state index >= 15 is 0 Å². The van der Waals surface area contributed by atoms with Gasteiger partial charge in [-0.15, -0.1) is 0 Å². The zero-order chi connectivity index (χ0) is 6.97. The fraction of sp³-hybridized carbons (Fsp3) is 0.400. The quantitative estimate of drug-likeness (QED) is 0.437. The first-order chi connectivity index (χ1) is 4.88. The normalized spacial score (nSPS) is 23.0. The Morgan fingerprint density at radius 3 is 3.20 bits per heavy atom. The summed E-state index contributed by atoms with van der Waals surface area (Å²) in [5, 5.41) is 7.39. The molecule has 0 fully saturated rings. The molecule has 0 aromatic heterocycles. The number of amidine groups is 1. The van der Waals surface area contributed by atoms with Crippen molar-refractivity contribution in [2.75, 3.05) is 12.5 Å². The summed E-state index contributed by atoms with van der Waals surface area (Å²) in [6, 6.07) is 0. The number of hydrogen-bond acceptors (Lipinski definition) is 5. The van der Waals surface area contributed by atoms with E-state index in [-0.39, 0.29) is 0 Å². The fourth-order valence-electron chi connectivity index (χ4n) is 0.955. The molecule has 2 aliphatic heterocycles. The van der Waals surface area contributed by atoms with Crippen LogP contribution in [0.1, 0.15) is 0 Å². The Kier molecular flexibility index (Phi) is 1.23. The van der Waals surface area contributed by atoms with Gasteiger partial charge in [0.05, 0.1) is 10.9 Å². The molecule has 10 heavy (non-hydrogen) atoms. The van der Waals surface area contributed by atoms with Crippen LogP contribution in [0.5, 0.6) is 0 Å². The number of aliphatic imine (C=N–C) groups is 1. The zero-order valence-corrected chi connectivity index (χ0v) is 6.16. The van der Waals surface area contributed by atoms with Crippen molar-refractivity contribution in [2.45, 2.75) is 0 Å². The van der Waals surface area contributed by atoms with E-state index in [1.54, 1.807) is 11.8 Å². The van der Waals surface area contributed by atoms with Crippen molar-refractivity contribution in [2.24, 2.45) is 10.7 Å². The second-order valence-electron chi connectivity index (χ2n) is 2.05. The van der Waals surface area contributed by atoms with Crippen LogP contribution in [-0.2, 0) is 0 Å². The highest BCUT2D eigenvalue weighted by molar-refractivity contribution is 8.03. The fourth-order valence-corrected chi connectivity index (χ4v) is 1.80. The molecule has 2 aliphatic rings. The highest BCUT2D eigenvalue weighted by atomic mass is 32.2. The van der Waals surface area contributed by atoms with Crippen molar-refractivity contribution in [3.05, 3.63) is 10.7 Å². The van der Waals surface area contributed by atoms with Crippen molar-refractivity contribution in [1.29, 1.82) is 0 Å². The van der Waals surface area contributed by atoms with Gasteiger partial charge in [-0.05, 0) is 0 Å². The topological polar surface area (TPSA) is 62.4 Å². The Balaban J connectivity index is 2.33. The minimum atomic E-state index is 0.610. The molecule has 0 atom stereocenters. The Bertz CT molecular complexity index is 220. The molecule has 2 rings (SSSR count). The predicted octanol–water partition coefficient (Wildman–Crippen LogP) is -0.633. The summed E-state index contributed by atoms with van der Waals surface area (Å²) in [7, 11) is 0. The Labute approximate surface area is 63.0 Å². The molecule has 2 heterocycles. The molecule has 0 aliphatic carbocycles. The molecule has 0 unspecified atom stereocenters. The third kappa shape index (κ3) is 0.740. The van der Waals surface area contributed by atoms with E-state index in [9.17, 15) is 0 Å². The molecule has 4 nitrogen and oxygen atoms in total. The van der Waals surface area contributed by atoms with Crippen LogP contribution in [-0.4, -0.2) is 18.4 Å². The third-order valence-electron chi connectivity index (χ3n) is 1.44. The first-order valence-corrected chi connectivity index (χ1v) is 4.01. The summed E-state index contributed by atoms with van der Waals surface area (Å²) >= 11 is 1.73. The molecule has 0 radical (unpaired) electrons. The first-order valence-electron chi connectivity index (χ1n) is 3.03. The lowest BCUT2D eigenvalue weighted by atomic mass is 10.4. The van der Waals surface area contributed by atoms with Crippen LogP contribution in [0.3, 0.4) is 0 Å². The van der Waals surface area contributed by atoms with Gasteiger partial charge in [0, 0.05) is 0 Å². The van der Waals surface area contributed by atoms with Gasteiger partial charge in [0.25, 0.3) is 0 Å². The summed E-state index contributed by atoms with van der Waals surface area (Å²) in [6.07, 6.45) is 0. The maximum atomic E-state index is 5.60. The van der Waals surface area contributed by atoms with Crippen molar-refractivity contribution in [3.8, 4) is 0 Å². The van der Waals surface area contributed by atoms with Gasteiger partial charge in [0.2, 0.25) is 0 Å². The lowest BCUT2D eigenvalue weighted by Crippen LogP contribution is -2.31.